The van der Waals surface area contributed by atoms with Gasteiger partial charge in [0.1, 0.15) is 29.6 Å². The highest BCUT2D eigenvalue weighted by Crippen LogP contribution is 2.45. The molecule has 7 heteroatoms. The number of nitrogens with zero attached hydrogens (tertiary/aromatic N) is 1. The van der Waals surface area contributed by atoms with E-state index in [4.69, 9.17) is 18.9 Å². The van der Waals surface area contributed by atoms with E-state index in [1.807, 2.05) is 84.9 Å². The molecular formula is C34H25NO5S. The normalized spacial score (nSPS) is 10.7. The van der Waals surface area contributed by atoms with Crippen LogP contribution in [0.25, 0.3) is 10.1 Å². The maximum absolute atomic E-state index is 12.1. The average Bonchev–Trinajstić information content (AvgIpc) is 3.37. The lowest BCUT2D eigenvalue weighted by Gasteiger charge is -2.14. The fourth-order valence-electron chi connectivity index (χ4n) is 4.20. The number of pyridine rings is 1. The molecule has 0 aliphatic heterocycles. The summed E-state index contributed by atoms with van der Waals surface area (Å²) in [5.74, 6) is 3.32. The molecule has 0 spiro atoms. The zero-order chi connectivity index (χ0) is 27.9. The van der Waals surface area contributed by atoms with Crippen LogP contribution in [0, 0.1) is 0 Å². The Labute approximate surface area is 241 Å². The van der Waals surface area contributed by atoms with Crippen LogP contribution < -0.4 is 18.9 Å². The Bertz CT molecular complexity index is 1740. The minimum atomic E-state index is 0.368. The number of rotatable bonds is 11. The van der Waals surface area contributed by atoms with Gasteiger partial charge >= 0.3 is 0 Å². The molecule has 0 N–H and O–H groups in total. The van der Waals surface area contributed by atoms with Crippen molar-refractivity contribution in [3.8, 4) is 34.6 Å². The standard InChI is InChI=1S/C34H25NO5S/c36-21-32-34(40-27-16-14-26(15-17-27)39-33-13-7-8-18-35-33)28-19-29(37-22-24-9-3-1-4-10-24)30(20-31(28)41-32)38-23-25-11-5-2-6-12-25/h1-21H,22-23H2. The summed E-state index contributed by atoms with van der Waals surface area (Å²) in [5.41, 5.74) is 2.07. The van der Waals surface area contributed by atoms with Crippen LogP contribution in [0.1, 0.15) is 20.8 Å². The van der Waals surface area contributed by atoms with Crippen LogP contribution in [0.4, 0.5) is 0 Å². The highest BCUT2D eigenvalue weighted by molar-refractivity contribution is 7.21. The number of benzene rings is 4. The van der Waals surface area contributed by atoms with Gasteiger partial charge in [-0.1, -0.05) is 66.7 Å². The fourth-order valence-corrected chi connectivity index (χ4v) is 5.16. The molecule has 2 heterocycles. The van der Waals surface area contributed by atoms with E-state index in [9.17, 15) is 4.79 Å². The van der Waals surface area contributed by atoms with E-state index in [1.54, 1.807) is 36.5 Å². The van der Waals surface area contributed by atoms with E-state index in [2.05, 4.69) is 4.98 Å². The Hall–Kier alpha value is -5.14. The second kappa shape index (κ2) is 12.4. The van der Waals surface area contributed by atoms with Gasteiger partial charge in [-0.05, 0) is 47.5 Å². The van der Waals surface area contributed by atoms with Crippen molar-refractivity contribution in [1.82, 2.24) is 4.98 Å². The van der Waals surface area contributed by atoms with Gasteiger partial charge < -0.3 is 18.9 Å². The van der Waals surface area contributed by atoms with Crippen molar-refractivity contribution in [2.75, 3.05) is 0 Å². The van der Waals surface area contributed by atoms with Crippen molar-refractivity contribution in [2.45, 2.75) is 13.2 Å². The first-order valence-corrected chi connectivity index (χ1v) is 13.8. The zero-order valence-electron chi connectivity index (χ0n) is 21.9. The Morgan fingerprint density at radius 2 is 1.24 bits per heavy atom. The maximum Gasteiger partial charge on any atom is 0.219 e. The highest BCUT2D eigenvalue weighted by Gasteiger charge is 2.19. The molecule has 4 aromatic carbocycles. The molecule has 0 atom stereocenters. The molecule has 202 valence electrons. The molecule has 6 nitrogen and oxygen atoms in total. The lowest BCUT2D eigenvalue weighted by atomic mass is 10.2. The predicted octanol–water partition coefficient (Wildman–Crippen LogP) is 8.85. The van der Waals surface area contributed by atoms with Gasteiger partial charge in [0.25, 0.3) is 0 Å². The Balaban J connectivity index is 1.29. The lowest BCUT2D eigenvalue weighted by Crippen LogP contribution is -2.00. The summed E-state index contributed by atoms with van der Waals surface area (Å²) in [6.45, 7) is 0.753. The SMILES string of the molecule is O=Cc1sc2cc(OCc3ccccc3)c(OCc3ccccc3)cc2c1Oc1ccc(Oc2ccccn2)cc1. The second-order valence-corrected chi connectivity index (χ2v) is 10.2. The second-order valence-electron chi connectivity index (χ2n) is 9.10. The zero-order valence-corrected chi connectivity index (χ0v) is 22.8. The quantitative estimate of drug-likeness (QED) is 0.148. The first-order chi connectivity index (χ1) is 20.2. The van der Waals surface area contributed by atoms with E-state index in [0.717, 1.165) is 27.5 Å². The number of fused-ring (bicyclic) bond motifs is 1. The largest absolute Gasteiger partial charge is 0.485 e. The van der Waals surface area contributed by atoms with Gasteiger partial charge in [-0.2, -0.15) is 0 Å². The summed E-state index contributed by atoms with van der Waals surface area (Å²) in [5, 5.41) is 0.765. The molecule has 0 bridgehead atoms. The van der Waals surface area contributed by atoms with Gasteiger partial charge in [-0.3, -0.25) is 4.79 Å². The van der Waals surface area contributed by atoms with Crippen LogP contribution in [0.2, 0.25) is 0 Å². The van der Waals surface area contributed by atoms with Crippen molar-refractivity contribution in [2.24, 2.45) is 0 Å². The Kier molecular flexibility index (Phi) is 7.87. The number of hydrogen-bond donors (Lipinski definition) is 0. The summed E-state index contributed by atoms with van der Waals surface area (Å²) in [7, 11) is 0. The lowest BCUT2D eigenvalue weighted by molar-refractivity contribution is 0.112. The summed E-state index contributed by atoms with van der Waals surface area (Å²) in [4.78, 5) is 16.7. The molecule has 0 amide bonds. The van der Waals surface area contributed by atoms with Crippen LogP contribution >= 0.6 is 11.3 Å². The van der Waals surface area contributed by atoms with E-state index in [0.29, 0.717) is 52.7 Å². The molecule has 0 saturated carbocycles. The van der Waals surface area contributed by atoms with Crippen LogP contribution in [0.5, 0.6) is 34.6 Å². The molecule has 0 aliphatic carbocycles. The van der Waals surface area contributed by atoms with E-state index < -0.39 is 0 Å². The fraction of sp³-hybridized carbons (Fsp3) is 0.0588. The highest BCUT2D eigenvalue weighted by atomic mass is 32.1. The summed E-state index contributed by atoms with van der Waals surface area (Å²) in [6, 6.07) is 36.3. The van der Waals surface area contributed by atoms with Crippen molar-refractivity contribution < 1.29 is 23.7 Å². The summed E-state index contributed by atoms with van der Waals surface area (Å²) < 4.78 is 25.4. The molecule has 0 aliphatic rings. The van der Waals surface area contributed by atoms with Crippen LogP contribution in [0.3, 0.4) is 0 Å². The summed E-state index contributed by atoms with van der Waals surface area (Å²) in [6.07, 6.45) is 2.49. The van der Waals surface area contributed by atoms with Crippen molar-refractivity contribution in [1.29, 1.82) is 0 Å². The molecule has 0 unspecified atom stereocenters. The molecular weight excluding hydrogens is 534 g/mol. The number of aldehydes is 1. The van der Waals surface area contributed by atoms with Crippen LogP contribution in [-0.2, 0) is 13.2 Å². The molecule has 0 fully saturated rings. The number of carbonyl (C=O) groups is 1. The first-order valence-electron chi connectivity index (χ1n) is 13.0. The summed E-state index contributed by atoms with van der Waals surface area (Å²) >= 11 is 1.35. The van der Waals surface area contributed by atoms with Crippen molar-refractivity contribution in [3.63, 3.8) is 0 Å². The molecule has 2 aromatic heterocycles. The number of aromatic nitrogens is 1. The number of hydrogen-bond acceptors (Lipinski definition) is 7. The maximum atomic E-state index is 12.1. The Morgan fingerprint density at radius 1 is 0.659 bits per heavy atom. The molecule has 6 rings (SSSR count). The third-order valence-corrected chi connectivity index (χ3v) is 7.28. The topological polar surface area (TPSA) is 66.9 Å². The average molecular weight is 560 g/mol. The molecule has 41 heavy (non-hydrogen) atoms. The van der Waals surface area contributed by atoms with Gasteiger partial charge in [-0.25, -0.2) is 4.98 Å². The van der Waals surface area contributed by atoms with Gasteiger partial charge in [0, 0.05) is 28.4 Å². The van der Waals surface area contributed by atoms with Gasteiger partial charge in [0.2, 0.25) is 5.88 Å². The van der Waals surface area contributed by atoms with E-state index in [-0.39, 0.29) is 0 Å². The van der Waals surface area contributed by atoms with Crippen LogP contribution in [-0.4, -0.2) is 11.3 Å². The smallest absolute Gasteiger partial charge is 0.219 e. The Morgan fingerprint density at radius 3 is 1.83 bits per heavy atom. The first kappa shape index (κ1) is 26.1. The molecule has 0 radical (unpaired) electrons. The molecule has 6 aromatic rings. The van der Waals surface area contributed by atoms with Gasteiger partial charge in [0.15, 0.2) is 23.5 Å². The van der Waals surface area contributed by atoms with Gasteiger partial charge in [0.05, 0.1) is 0 Å². The molecule has 0 saturated heterocycles. The predicted molar refractivity (Wildman–Crippen MR) is 160 cm³/mol. The van der Waals surface area contributed by atoms with E-state index in [1.165, 1.54) is 11.3 Å². The number of carbonyl (C=O) groups excluding carboxylic acids is 1. The monoisotopic (exact) mass is 559 g/mol. The minimum Gasteiger partial charge on any atom is -0.485 e. The minimum absolute atomic E-state index is 0.368. The van der Waals surface area contributed by atoms with E-state index >= 15 is 0 Å². The number of ether oxygens (including phenoxy) is 4. The third kappa shape index (κ3) is 6.37. The van der Waals surface area contributed by atoms with Crippen molar-refractivity contribution >= 4 is 27.7 Å². The third-order valence-electron chi connectivity index (χ3n) is 6.22. The van der Waals surface area contributed by atoms with Crippen molar-refractivity contribution in [3.05, 3.63) is 137 Å². The number of thiophene rings is 1. The van der Waals surface area contributed by atoms with Crippen LogP contribution in [0.15, 0.2) is 121 Å². The van der Waals surface area contributed by atoms with Gasteiger partial charge in [-0.15, -0.1) is 11.3 Å².